The molecule has 9 nitrogen and oxygen atoms in total. The summed E-state index contributed by atoms with van der Waals surface area (Å²) in [6.07, 6.45) is 13.5. The molecular formula is C126H108Ir4N6O3S-8. The van der Waals surface area contributed by atoms with Gasteiger partial charge in [0.1, 0.15) is 5.58 Å². The number of benzene rings is 13. The molecule has 4 radical (unpaired) electrons. The molecule has 0 spiro atoms. The van der Waals surface area contributed by atoms with E-state index in [1.54, 1.807) is 0 Å². The van der Waals surface area contributed by atoms with Crippen LogP contribution in [0, 0.1) is 103 Å². The number of ketones is 1. The summed E-state index contributed by atoms with van der Waals surface area (Å²) < 4.78 is 8.42. The van der Waals surface area contributed by atoms with Crippen LogP contribution in [-0.4, -0.2) is 40.8 Å². The second-order valence-electron chi connectivity index (χ2n) is 35.0. The first-order valence-electron chi connectivity index (χ1n) is 45.6. The monoisotopic (exact) mass is 2560 g/mol. The molecule has 13 aromatic carbocycles. The molecule has 0 aliphatic rings. The van der Waals surface area contributed by atoms with Crippen LogP contribution < -0.4 is 0 Å². The summed E-state index contributed by atoms with van der Waals surface area (Å²) in [5, 5.41) is 15.7. The van der Waals surface area contributed by atoms with E-state index in [2.05, 4.69) is 335 Å². The molecule has 1 N–H and O–H groups in total. The summed E-state index contributed by atoms with van der Waals surface area (Å²) >= 11 is 1.82. The fraction of sp³-hybridized carbons (Fsp3) is 0.135. The van der Waals surface area contributed by atoms with Gasteiger partial charge in [0, 0.05) is 134 Å². The minimum Gasteiger partial charge on any atom is -0.512 e. The van der Waals surface area contributed by atoms with E-state index >= 15 is 0 Å². The van der Waals surface area contributed by atoms with Crippen LogP contribution in [0.2, 0.25) is 0 Å². The maximum Gasteiger partial charge on any atom is 0.155 e. The van der Waals surface area contributed by atoms with Crippen molar-refractivity contribution in [2.24, 2.45) is 5.92 Å². The predicted molar refractivity (Wildman–Crippen MR) is 567 cm³/mol. The topological polar surface area (TPSA) is 128 Å². The van der Waals surface area contributed by atoms with Crippen LogP contribution in [-0.2, 0) is 97.1 Å². The number of aryl methyl sites for hydroxylation is 7. The van der Waals surface area contributed by atoms with Gasteiger partial charge in [0.05, 0.1) is 11.3 Å². The molecular weight excluding hydrogens is 2450 g/mol. The van der Waals surface area contributed by atoms with Gasteiger partial charge in [0.25, 0.3) is 0 Å². The van der Waals surface area contributed by atoms with Gasteiger partial charge >= 0.3 is 0 Å². The summed E-state index contributed by atoms with van der Waals surface area (Å²) in [4.78, 5) is 36.5. The van der Waals surface area contributed by atoms with E-state index in [-0.39, 0.29) is 97.4 Å². The Labute approximate surface area is 883 Å². The van der Waals surface area contributed by atoms with Crippen molar-refractivity contribution in [3.63, 3.8) is 0 Å². The molecule has 0 aliphatic heterocycles. The SMILES string of the molecule is CC(=O)C=C(C)O.CC(C)(C)c1ccc(-c2[c-]cccc2)nc1.Cc1[c-]c(-c2[c-]c3ccc(-c4ccccc4)cc3c(CC(C)C)c2)cc(C)c1.Cc1ccc(-c2[c-]ccc(-c3ccccc3)c2)nc1.Cc1ccc(-c2[c-]cccc2)nc1.Cc1ccc(-c2[c-]cccc2)nc1.Cc1ccnc(-c2[c-]cc3oc4ccccc4c3c2)c1.Cc1ccnc(-c2[c-]cc3sc4ccccc4c3c2)c1.[Ir].[Ir].[Ir].[Ir]. The molecule has 0 atom stereocenters. The van der Waals surface area contributed by atoms with E-state index in [0.29, 0.717) is 5.92 Å². The van der Waals surface area contributed by atoms with Gasteiger partial charge in [-0.15, -0.1) is 225 Å². The third-order valence-corrected chi connectivity index (χ3v) is 23.2. The van der Waals surface area contributed by atoms with Crippen molar-refractivity contribution in [1.82, 2.24) is 29.9 Å². The standard InChI is InChI=1S/C28H26.C18H12NO.C18H12NS.C18H14N.C15H16N.2C12H10N.C5H8O2.4Ir/c1-19(2)12-27-17-26(25-14-20(3)13-21(4)15-25)16-24-11-10-23(18-28(24)27)22-8-6-5-7-9-22;2*1-12-8-9-19-16(10-12)13-6-7-18-15(11-13)14-4-2-3-5-17(14)20-18;1-14-10-11-18(19-13-14)17-9-5-8-16(12-17)15-6-3-2-4-7-15;1-15(2,3)13-9-10-14(16-11-13)12-7-5-4-6-8-12;2*1-10-7-8-12(13-9-10)11-5-3-2-4-6-11;1-4(6)3-5(2)7;;;;/h5-11,13-14,17-19H,12H2,1-4H3;2*2-5,7-11H,1H3;2-8,10-13H,1H3;4-7,9-11H,1-3H3;2*2-5,7-9H,1H3;3,6H,1-2H3;;;;/q-2;6*-1;;;;;. The molecule has 8 aromatic heterocycles. The van der Waals surface area contributed by atoms with Gasteiger partial charge < -0.3 is 39.4 Å². The average molecular weight is 2560 g/mol. The molecule has 0 bridgehead atoms. The van der Waals surface area contributed by atoms with Gasteiger partial charge in [0.2, 0.25) is 0 Å². The molecule has 8 heterocycles. The Balaban J connectivity index is 0.000000167. The quantitative estimate of drug-likeness (QED) is 0.0722. The molecule has 21 aromatic rings. The zero-order valence-corrected chi connectivity index (χ0v) is 91.2. The molecule has 0 saturated carbocycles. The van der Waals surface area contributed by atoms with Crippen molar-refractivity contribution in [2.45, 2.75) is 109 Å². The van der Waals surface area contributed by atoms with E-state index in [1.807, 2.05) is 209 Å². The zero-order chi connectivity index (χ0) is 95.5. The number of thiophene rings is 1. The Hall–Kier alpha value is -13.2. The first-order valence-corrected chi connectivity index (χ1v) is 46.4. The third-order valence-electron chi connectivity index (χ3n) is 22.0. The van der Waals surface area contributed by atoms with E-state index in [4.69, 9.17) is 9.52 Å². The Bertz CT molecular complexity index is 7290. The molecule has 0 saturated heterocycles. The number of allylic oxidation sites excluding steroid dienone is 2. The Morgan fingerprint density at radius 1 is 0.357 bits per heavy atom. The second kappa shape index (κ2) is 53.3. The number of furan rings is 1. The van der Waals surface area contributed by atoms with Crippen molar-refractivity contribution in [3.05, 3.63) is 481 Å². The number of rotatable bonds is 12. The summed E-state index contributed by atoms with van der Waals surface area (Å²) in [6, 6.07) is 140. The predicted octanol–water partition coefficient (Wildman–Crippen LogP) is 32.7. The number of nitrogens with zero attached hydrogens (tertiary/aromatic N) is 6. The number of fused-ring (bicyclic) bond motifs is 7. The molecule has 0 aliphatic carbocycles. The number of aliphatic hydroxyl groups is 1. The first kappa shape index (κ1) is 109. The van der Waals surface area contributed by atoms with Crippen LogP contribution in [0.5, 0.6) is 0 Å². The van der Waals surface area contributed by atoms with Gasteiger partial charge in [-0.05, 0) is 174 Å². The summed E-state index contributed by atoms with van der Waals surface area (Å²) in [6.45, 7) is 28.5. The molecule has 0 fully saturated rings. The van der Waals surface area contributed by atoms with Crippen molar-refractivity contribution >= 4 is 70.0 Å². The van der Waals surface area contributed by atoms with Crippen molar-refractivity contribution in [3.8, 4) is 101 Å². The number of aromatic nitrogens is 6. The molecule has 140 heavy (non-hydrogen) atoms. The van der Waals surface area contributed by atoms with Crippen LogP contribution in [0.25, 0.3) is 154 Å². The third kappa shape index (κ3) is 31.2. The van der Waals surface area contributed by atoms with Gasteiger partial charge in [-0.1, -0.05) is 246 Å². The summed E-state index contributed by atoms with van der Waals surface area (Å²) in [5.74, 6) is 0.537. The molecule has 0 amide bonds. The van der Waals surface area contributed by atoms with Crippen LogP contribution in [0.1, 0.15) is 98.5 Å². The number of carbonyl (C=O) groups excluding carboxylic acids is 1. The Morgan fingerprint density at radius 3 is 1.31 bits per heavy atom. The Morgan fingerprint density at radius 2 is 0.829 bits per heavy atom. The minimum absolute atomic E-state index is 0. The molecule has 710 valence electrons. The maximum atomic E-state index is 10.0. The number of hydrogen-bond donors (Lipinski definition) is 1. The average Bonchev–Trinajstić information content (AvgIpc) is 1.64. The van der Waals surface area contributed by atoms with Crippen molar-refractivity contribution in [1.29, 1.82) is 0 Å². The summed E-state index contributed by atoms with van der Waals surface area (Å²) in [7, 11) is 0. The van der Waals surface area contributed by atoms with E-state index < -0.39 is 0 Å². The second-order valence-corrected chi connectivity index (χ2v) is 36.1. The van der Waals surface area contributed by atoms with E-state index in [9.17, 15) is 4.79 Å². The number of pyridine rings is 6. The van der Waals surface area contributed by atoms with Gasteiger partial charge in [-0.3, -0.25) is 4.79 Å². The van der Waals surface area contributed by atoms with Crippen molar-refractivity contribution < 1.29 is 94.7 Å². The van der Waals surface area contributed by atoms with Gasteiger partial charge in [-0.2, -0.15) is 41.2 Å². The number of carbonyl (C=O) groups is 1. The van der Waals surface area contributed by atoms with Crippen LogP contribution in [0.4, 0.5) is 0 Å². The van der Waals surface area contributed by atoms with Gasteiger partial charge in [0.15, 0.2) is 5.78 Å². The fourth-order valence-electron chi connectivity index (χ4n) is 15.2. The molecule has 21 rings (SSSR count). The fourth-order valence-corrected chi connectivity index (χ4v) is 16.3. The van der Waals surface area contributed by atoms with Gasteiger partial charge in [-0.25, -0.2) is 5.56 Å². The van der Waals surface area contributed by atoms with Crippen molar-refractivity contribution in [2.75, 3.05) is 0 Å². The minimum atomic E-state index is -0.125. The molecule has 0 unspecified atom stereocenters. The number of hydrogen-bond acceptors (Lipinski definition) is 10. The number of para-hydroxylation sites is 1. The smallest absolute Gasteiger partial charge is 0.155 e. The van der Waals surface area contributed by atoms with E-state index in [1.165, 1.54) is 123 Å². The van der Waals surface area contributed by atoms with Crippen LogP contribution in [0.15, 0.2) is 387 Å². The maximum absolute atomic E-state index is 10.0. The van der Waals surface area contributed by atoms with Crippen LogP contribution in [0.3, 0.4) is 0 Å². The largest absolute Gasteiger partial charge is 0.512 e. The molecule has 14 heteroatoms. The first-order chi connectivity index (χ1) is 65.9. The van der Waals surface area contributed by atoms with E-state index in [0.717, 1.165) is 107 Å². The Kier molecular flexibility index (Phi) is 41.4. The summed E-state index contributed by atoms with van der Waals surface area (Å²) in [5.41, 5.74) is 32.2. The van der Waals surface area contributed by atoms with Crippen LogP contribution >= 0.6 is 11.3 Å². The zero-order valence-electron chi connectivity index (χ0n) is 80.8. The normalized spacial score (nSPS) is 10.6. The number of aliphatic hydroxyl groups excluding tert-OH is 1.